The van der Waals surface area contributed by atoms with E-state index in [1.807, 2.05) is 17.8 Å². The highest BCUT2D eigenvalue weighted by molar-refractivity contribution is 7.99. The molecule has 1 atom stereocenters. The van der Waals surface area contributed by atoms with Crippen LogP contribution in [0.4, 0.5) is 0 Å². The monoisotopic (exact) mass is 309 g/mol. The molecule has 0 saturated carbocycles. The Labute approximate surface area is 132 Å². The molecule has 118 valence electrons. The van der Waals surface area contributed by atoms with Crippen molar-refractivity contribution in [2.24, 2.45) is 0 Å². The molecule has 1 aliphatic rings. The van der Waals surface area contributed by atoms with E-state index in [0.717, 1.165) is 44.2 Å². The summed E-state index contributed by atoms with van der Waals surface area (Å²) < 4.78 is 5.38. The average molecular weight is 309 g/mol. The number of nitrogens with zero attached hydrogens (tertiary/aromatic N) is 1. The van der Waals surface area contributed by atoms with Crippen LogP contribution in [-0.4, -0.2) is 47.8 Å². The second kappa shape index (κ2) is 8.66. The zero-order valence-electron chi connectivity index (χ0n) is 13.2. The van der Waals surface area contributed by atoms with Crippen molar-refractivity contribution in [3.63, 3.8) is 0 Å². The number of rotatable bonds is 7. The maximum atomic E-state index is 10.1. The van der Waals surface area contributed by atoms with Crippen LogP contribution in [-0.2, 0) is 11.3 Å². The lowest BCUT2D eigenvalue weighted by Gasteiger charge is -2.27. The first kappa shape index (κ1) is 16.7. The van der Waals surface area contributed by atoms with Crippen molar-refractivity contribution in [1.29, 1.82) is 0 Å². The van der Waals surface area contributed by atoms with Gasteiger partial charge in [0.25, 0.3) is 0 Å². The Morgan fingerprint density at radius 3 is 2.81 bits per heavy atom. The number of phenols is 1. The highest BCUT2D eigenvalue weighted by atomic mass is 32.2. The molecule has 1 N–H and O–H groups in total. The lowest BCUT2D eigenvalue weighted by molar-refractivity contribution is 0.0339. The third kappa shape index (κ3) is 5.20. The van der Waals surface area contributed by atoms with Gasteiger partial charge in [-0.3, -0.25) is 4.90 Å². The Morgan fingerprint density at radius 1 is 1.33 bits per heavy atom. The Morgan fingerprint density at radius 2 is 2.10 bits per heavy atom. The van der Waals surface area contributed by atoms with Gasteiger partial charge in [-0.1, -0.05) is 26.0 Å². The summed E-state index contributed by atoms with van der Waals surface area (Å²) in [6.45, 7) is 8.80. The van der Waals surface area contributed by atoms with E-state index >= 15 is 0 Å². The number of ether oxygens (including phenoxy) is 1. The summed E-state index contributed by atoms with van der Waals surface area (Å²) in [6.07, 6.45) is 1.23. The van der Waals surface area contributed by atoms with Gasteiger partial charge in [0.2, 0.25) is 0 Å². The summed E-state index contributed by atoms with van der Waals surface area (Å²) in [6, 6.07) is 6.10. The van der Waals surface area contributed by atoms with Crippen LogP contribution in [0.1, 0.15) is 37.3 Å². The SMILES string of the molecule is CCCSCC(C)c1ccc(O)c(CN2CCOCC2)c1. The first-order valence-electron chi connectivity index (χ1n) is 7.90. The van der Waals surface area contributed by atoms with Gasteiger partial charge in [0.1, 0.15) is 5.75 Å². The van der Waals surface area contributed by atoms with E-state index in [1.165, 1.54) is 17.7 Å². The molecule has 0 bridgehead atoms. The summed E-state index contributed by atoms with van der Waals surface area (Å²) in [5.41, 5.74) is 2.38. The van der Waals surface area contributed by atoms with Gasteiger partial charge >= 0.3 is 0 Å². The average Bonchev–Trinajstić information content (AvgIpc) is 2.50. The standard InChI is InChI=1S/C17H27NO2S/c1-3-10-21-13-14(2)15-4-5-17(19)16(11-15)12-18-6-8-20-9-7-18/h4-5,11,14,19H,3,6-10,12-13H2,1-2H3. The van der Waals surface area contributed by atoms with Gasteiger partial charge < -0.3 is 9.84 Å². The molecular formula is C17H27NO2S. The fourth-order valence-electron chi connectivity index (χ4n) is 2.54. The molecule has 0 amide bonds. The largest absolute Gasteiger partial charge is 0.508 e. The first-order valence-corrected chi connectivity index (χ1v) is 9.05. The number of hydrogen-bond acceptors (Lipinski definition) is 4. The minimum absolute atomic E-state index is 0.415. The second-order valence-corrected chi connectivity index (χ2v) is 6.90. The molecule has 0 aromatic heterocycles. The predicted molar refractivity (Wildman–Crippen MR) is 90.2 cm³/mol. The van der Waals surface area contributed by atoms with Gasteiger partial charge in [0.05, 0.1) is 13.2 Å². The van der Waals surface area contributed by atoms with Crippen molar-refractivity contribution < 1.29 is 9.84 Å². The third-order valence-electron chi connectivity index (χ3n) is 3.89. The van der Waals surface area contributed by atoms with Crippen molar-refractivity contribution in [1.82, 2.24) is 4.90 Å². The van der Waals surface area contributed by atoms with E-state index in [2.05, 4.69) is 30.9 Å². The second-order valence-electron chi connectivity index (χ2n) is 5.75. The molecule has 1 unspecified atom stereocenters. The van der Waals surface area contributed by atoms with Gasteiger partial charge in [-0.2, -0.15) is 11.8 Å². The van der Waals surface area contributed by atoms with E-state index in [0.29, 0.717) is 11.7 Å². The zero-order valence-corrected chi connectivity index (χ0v) is 14.0. The topological polar surface area (TPSA) is 32.7 Å². The van der Waals surface area contributed by atoms with Crippen LogP contribution in [0.25, 0.3) is 0 Å². The van der Waals surface area contributed by atoms with Crippen molar-refractivity contribution in [2.75, 3.05) is 37.8 Å². The zero-order chi connectivity index (χ0) is 15.1. The van der Waals surface area contributed by atoms with Gasteiger partial charge in [0.15, 0.2) is 0 Å². The van der Waals surface area contributed by atoms with Gasteiger partial charge in [0, 0.05) is 25.2 Å². The summed E-state index contributed by atoms with van der Waals surface area (Å²) in [7, 11) is 0. The summed E-state index contributed by atoms with van der Waals surface area (Å²) >= 11 is 2.01. The molecular weight excluding hydrogens is 282 g/mol. The molecule has 1 aromatic carbocycles. The van der Waals surface area contributed by atoms with Crippen molar-refractivity contribution >= 4 is 11.8 Å². The lowest BCUT2D eigenvalue weighted by atomic mass is 10.00. The summed E-state index contributed by atoms with van der Waals surface area (Å²) in [5, 5.41) is 10.1. The molecule has 1 aromatic rings. The van der Waals surface area contributed by atoms with E-state index in [1.54, 1.807) is 0 Å². The van der Waals surface area contributed by atoms with Crippen molar-refractivity contribution in [3.8, 4) is 5.75 Å². The first-order chi connectivity index (χ1) is 10.2. The molecule has 2 rings (SSSR count). The Hall–Kier alpha value is -0.710. The lowest BCUT2D eigenvalue weighted by Crippen LogP contribution is -2.35. The van der Waals surface area contributed by atoms with E-state index in [-0.39, 0.29) is 0 Å². The molecule has 0 aliphatic carbocycles. The van der Waals surface area contributed by atoms with E-state index < -0.39 is 0 Å². The van der Waals surface area contributed by atoms with Gasteiger partial charge in [-0.05, 0) is 35.5 Å². The van der Waals surface area contributed by atoms with Crippen molar-refractivity contribution in [2.45, 2.75) is 32.7 Å². The fourth-order valence-corrected chi connectivity index (χ4v) is 3.54. The van der Waals surface area contributed by atoms with Crippen LogP contribution in [0.5, 0.6) is 5.75 Å². The quantitative estimate of drug-likeness (QED) is 0.782. The molecule has 0 radical (unpaired) electrons. The van der Waals surface area contributed by atoms with Crippen LogP contribution in [0, 0.1) is 0 Å². The minimum Gasteiger partial charge on any atom is -0.508 e. The fraction of sp³-hybridized carbons (Fsp3) is 0.647. The Bertz CT molecular complexity index is 433. The van der Waals surface area contributed by atoms with E-state index in [9.17, 15) is 5.11 Å². The van der Waals surface area contributed by atoms with Crippen molar-refractivity contribution in [3.05, 3.63) is 29.3 Å². The molecule has 1 fully saturated rings. The number of hydrogen-bond donors (Lipinski definition) is 1. The van der Waals surface area contributed by atoms with Gasteiger partial charge in [-0.25, -0.2) is 0 Å². The van der Waals surface area contributed by atoms with Crippen LogP contribution < -0.4 is 0 Å². The smallest absolute Gasteiger partial charge is 0.120 e. The predicted octanol–water partition coefficient (Wildman–Crippen LogP) is 3.47. The molecule has 4 heteroatoms. The third-order valence-corrected chi connectivity index (χ3v) is 5.32. The Balaban J connectivity index is 1.98. The van der Waals surface area contributed by atoms with E-state index in [4.69, 9.17) is 4.74 Å². The molecule has 1 aliphatic heterocycles. The van der Waals surface area contributed by atoms with Gasteiger partial charge in [-0.15, -0.1) is 0 Å². The maximum absolute atomic E-state index is 10.1. The highest BCUT2D eigenvalue weighted by Gasteiger charge is 2.14. The number of phenolic OH excluding ortho intramolecular Hbond substituents is 1. The molecule has 1 heterocycles. The van der Waals surface area contributed by atoms with Crippen LogP contribution in [0.15, 0.2) is 18.2 Å². The normalized spacial score (nSPS) is 17.8. The number of benzene rings is 1. The molecule has 0 spiro atoms. The van der Waals surface area contributed by atoms with Crippen LogP contribution >= 0.6 is 11.8 Å². The number of morpholine rings is 1. The molecule has 21 heavy (non-hydrogen) atoms. The Kier molecular flexibility index (Phi) is 6.87. The van der Waals surface area contributed by atoms with Crippen LogP contribution in [0.2, 0.25) is 0 Å². The minimum atomic E-state index is 0.415. The maximum Gasteiger partial charge on any atom is 0.120 e. The number of aromatic hydroxyl groups is 1. The van der Waals surface area contributed by atoms with Crippen LogP contribution in [0.3, 0.4) is 0 Å². The molecule has 3 nitrogen and oxygen atoms in total. The summed E-state index contributed by atoms with van der Waals surface area (Å²) in [5.74, 6) is 3.32. The molecule has 1 saturated heterocycles. The highest BCUT2D eigenvalue weighted by Crippen LogP contribution is 2.27. The summed E-state index contributed by atoms with van der Waals surface area (Å²) in [4.78, 5) is 2.35. The number of thioether (sulfide) groups is 1.